The third-order valence-corrected chi connectivity index (χ3v) is 4.14. The highest BCUT2D eigenvalue weighted by Gasteiger charge is 2.64. The third-order valence-electron chi connectivity index (χ3n) is 3.67. The van der Waals surface area contributed by atoms with Crippen molar-refractivity contribution in [2.75, 3.05) is 0 Å². The van der Waals surface area contributed by atoms with Gasteiger partial charge in [0.25, 0.3) is 0 Å². The predicted molar refractivity (Wildman–Crippen MR) is 73.9 cm³/mol. The molecule has 0 nitrogen and oxygen atoms in total. The zero-order valence-corrected chi connectivity index (χ0v) is 11.5. The van der Waals surface area contributed by atoms with Crippen LogP contribution in [0.1, 0.15) is 39.5 Å². The first kappa shape index (κ1) is 11.9. The lowest BCUT2D eigenvalue weighted by Crippen LogP contribution is -2.00. The van der Waals surface area contributed by atoms with E-state index in [2.05, 4.69) is 45.2 Å². The van der Waals surface area contributed by atoms with Gasteiger partial charge in [0.15, 0.2) is 0 Å². The molecule has 15 heavy (non-hydrogen) atoms. The predicted octanol–water partition coefficient (Wildman–Crippen LogP) is 3.99. The van der Waals surface area contributed by atoms with Crippen LogP contribution in [-0.2, 0) is 0 Å². The summed E-state index contributed by atoms with van der Waals surface area (Å²) < 4.78 is 0. The number of rotatable bonds is 6. The molecule has 0 spiro atoms. The van der Waals surface area contributed by atoms with E-state index in [0.717, 1.165) is 24.2 Å². The third kappa shape index (κ3) is 3.20. The Bertz CT molecular complexity index is 247. The number of allylic oxidation sites excluding steroid dienone is 2. The largest absolute Gasteiger partial charge is 0.176 e. The lowest BCUT2D eigenvalue weighted by molar-refractivity contribution is 0.645. The molecule has 0 heterocycles. The fourth-order valence-corrected chi connectivity index (χ4v) is 2.66. The molecule has 0 N–H and O–H groups in total. The standard InChI is InChI=1S/C13H22S2/c1-8(14)3-5-10(6-4-9(2)15)13-11-7-12(11)13/h5,8-9,11-15H,3-4,6-7H2,1-2H3/b10-5-. The van der Waals surface area contributed by atoms with E-state index in [-0.39, 0.29) is 0 Å². The van der Waals surface area contributed by atoms with Gasteiger partial charge in [0.1, 0.15) is 0 Å². The van der Waals surface area contributed by atoms with Gasteiger partial charge in [-0.2, -0.15) is 25.3 Å². The number of hydrogen-bond donors (Lipinski definition) is 2. The average Bonchev–Trinajstić information content (AvgIpc) is 2.97. The molecule has 0 aromatic heterocycles. The van der Waals surface area contributed by atoms with Crippen LogP contribution in [0.3, 0.4) is 0 Å². The van der Waals surface area contributed by atoms with Gasteiger partial charge < -0.3 is 0 Å². The van der Waals surface area contributed by atoms with Crippen molar-refractivity contribution in [3.63, 3.8) is 0 Å². The molecule has 2 rings (SSSR count). The Kier molecular flexibility index (Phi) is 3.77. The zero-order valence-electron chi connectivity index (χ0n) is 9.69. The van der Waals surface area contributed by atoms with E-state index in [0.29, 0.717) is 10.5 Å². The molecule has 2 aliphatic rings. The molecule has 2 saturated carbocycles. The maximum Gasteiger partial charge on any atom is 0.00230 e. The second kappa shape index (κ2) is 4.75. The normalized spacial score (nSPS) is 37.1. The molecule has 0 saturated heterocycles. The molecule has 86 valence electrons. The fourth-order valence-electron chi connectivity index (χ4n) is 2.43. The lowest BCUT2D eigenvalue weighted by atomic mass is 9.96. The van der Waals surface area contributed by atoms with Crippen molar-refractivity contribution in [1.82, 2.24) is 0 Å². The first-order valence-electron chi connectivity index (χ1n) is 6.14. The second-order valence-electron chi connectivity index (χ2n) is 5.34. The van der Waals surface area contributed by atoms with Gasteiger partial charge in [-0.1, -0.05) is 25.5 Å². The quantitative estimate of drug-likeness (QED) is 0.511. The SMILES string of the molecule is CC(S)C/C=C(/CCC(C)S)C1C2CC21. The molecule has 0 aromatic rings. The van der Waals surface area contributed by atoms with Crippen LogP contribution in [0, 0.1) is 17.8 Å². The van der Waals surface area contributed by atoms with Gasteiger partial charge in [-0.05, 0) is 48.7 Å². The summed E-state index contributed by atoms with van der Waals surface area (Å²) in [6.07, 6.45) is 7.60. The highest BCUT2D eigenvalue weighted by atomic mass is 32.1. The smallest absolute Gasteiger partial charge is 0.00230 e. The molecule has 0 bridgehead atoms. The topological polar surface area (TPSA) is 0 Å². The van der Waals surface area contributed by atoms with Crippen molar-refractivity contribution < 1.29 is 0 Å². The van der Waals surface area contributed by atoms with Crippen LogP contribution in [0.4, 0.5) is 0 Å². The molecule has 2 heteroatoms. The lowest BCUT2D eigenvalue weighted by Gasteiger charge is -2.12. The van der Waals surface area contributed by atoms with Gasteiger partial charge in [0, 0.05) is 5.25 Å². The maximum atomic E-state index is 4.46. The van der Waals surface area contributed by atoms with E-state index >= 15 is 0 Å². The van der Waals surface area contributed by atoms with E-state index in [4.69, 9.17) is 0 Å². The first-order chi connectivity index (χ1) is 7.09. The fraction of sp³-hybridized carbons (Fsp3) is 0.846. The van der Waals surface area contributed by atoms with E-state index in [1.807, 2.05) is 0 Å². The van der Waals surface area contributed by atoms with Crippen LogP contribution < -0.4 is 0 Å². The molecule has 4 unspecified atom stereocenters. The van der Waals surface area contributed by atoms with E-state index in [1.54, 1.807) is 5.57 Å². The second-order valence-corrected chi connectivity index (χ2v) is 7.10. The summed E-state index contributed by atoms with van der Waals surface area (Å²) in [6, 6.07) is 0. The van der Waals surface area contributed by atoms with Crippen molar-refractivity contribution in [3.05, 3.63) is 11.6 Å². The average molecular weight is 242 g/mol. The molecule has 4 atom stereocenters. The summed E-state index contributed by atoms with van der Waals surface area (Å²) in [5, 5.41) is 1.04. The number of hydrogen-bond acceptors (Lipinski definition) is 2. The van der Waals surface area contributed by atoms with Gasteiger partial charge >= 0.3 is 0 Å². The van der Waals surface area contributed by atoms with Crippen LogP contribution in [0.2, 0.25) is 0 Å². The molecule has 2 aliphatic carbocycles. The van der Waals surface area contributed by atoms with Gasteiger partial charge in [-0.3, -0.25) is 0 Å². The van der Waals surface area contributed by atoms with E-state index < -0.39 is 0 Å². The zero-order chi connectivity index (χ0) is 11.0. The molecular formula is C13H22S2. The van der Waals surface area contributed by atoms with Crippen molar-refractivity contribution in [2.45, 2.75) is 50.0 Å². The monoisotopic (exact) mass is 242 g/mol. The number of fused-ring (bicyclic) bond motifs is 1. The highest BCUT2D eigenvalue weighted by Crippen LogP contribution is 2.71. The molecule has 0 radical (unpaired) electrons. The Morgan fingerprint density at radius 1 is 1.27 bits per heavy atom. The summed E-state index contributed by atoms with van der Waals surface area (Å²) in [5.41, 5.74) is 1.72. The Morgan fingerprint density at radius 3 is 2.33 bits per heavy atom. The van der Waals surface area contributed by atoms with Crippen molar-refractivity contribution in [2.24, 2.45) is 17.8 Å². The van der Waals surface area contributed by atoms with Crippen LogP contribution in [0.25, 0.3) is 0 Å². The van der Waals surface area contributed by atoms with Gasteiger partial charge in [-0.15, -0.1) is 0 Å². The summed E-state index contributed by atoms with van der Waals surface area (Å²) in [6.45, 7) is 4.36. The first-order valence-corrected chi connectivity index (χ1v) is 7.18. The molecule has 0 amide bonds. The van der Waals surface area contributed by atoms with Crippen LogP contribution in [0.5, 0.6) is 0 Å². The van der Waals surface area contributed by atoms with Crippen molar-refractivity contribution in [1.29, 1.82) is 0 Å². The summed E-state index contributed by atoms with van der Waals surface area (Å²) in [4.78, 5) is 0. The minimum atomic E-state index is 0.503. The maximum absolute atomic E-state index is 4.46. The minimum Gasteiger partial charge on any atom is -0.176 e. The summed E-state index contributed by atoms with van der Waals surface area (Å²) in [5.74, 6) is 3.15. The molecule has 2 fully saturated rings. The van der Waals surface area contributed by atoms with Gasteiger partial charge in [0.05, 0.1) is 0 Å². The van der Waals surface area contributed by atoms with Gasteiger partial charge in [-0.25, -0.2) is 0 Å². The number of thiol groups is 2. The Labute approximate surface area is 105 Å². The Balaban J connectivity index is 1.82. The summed E-state index contributed by atoms with van der Waals surface area (Å²) in [7, 11) is 0. The van der Waals surface area contributed by atoms with Crippen LogP contribution in [-0.4, -0.2) is 10.5 Å². The van der Waals surface area contributed by atoms with E-state index in [9.17, 15) is 0 Å². The minimum absolute atomic E-state index is 0.503. The van der Waals surface area contributed by atoms with Crippen molar-refractivity contribution in [3.8, 4) is 0 Å². The van der Waals surface area contributed by atoms with Crippen molar-refractivity contribution >= 4 is 25.3 Å². The van der Waals surface area contributed by atoms with Crippen LogP contribution >= 0.6 is 25.3 Å². The van der Waals surface area contributed by atoms with E-state index in [1.165, 1.54) is 19.3 Å². The molecule has 0 aromatic carbocycles. The molecular weight excluding hydrogens is 220 g/mol. The Hall–Kier alpha value is 0.440. The molecule has 0 aliphatic heterocycles. The van der Waals surface area contributed by atoms with Crippen LogP contribution in [0.15, 0.2) is 11.6 Å². The van der Waals surface area contributed by atoms with Gasteiger partial charge in [0.2, 0.25) is 0 Å². The highest BCUT2D eigenvalue weighted by molar-refractivity contribution is 7.81. The summed E-state index contributed by atoms with van der Waals surface area (Å²) >= 11 is 8.91. The Morgan fingerprint density at radius 2 is 1.93 bits per heavy atom.